The first-order valence-electron chi connectivity index (χ1n) is 10.0. The van der Waals surface area contributed by atoms with E-state index in [1.54, 1.807) is 11.1 Å². The molecular weight excluding hydrogens is 434 g/mol. The molecule has 1 N–H and O–H groups in total. The summed E-state index contributed by atoms with van der Waals surface area (Å²) >= 11 is 3.43. The molecule has 1 aliphatic heterocycles. The Morgan fingerprint density at radius 3 is 2.69 bits per heavy atom. The Bertz CT molecular complexity index is 869. The summed E-state index contributed by atoms with van der Waals surface area (Å²) in [6.45, 7) is 0.430. The standard InChI is InChI=1S/C22H24BrN3O3/c23-16-4-3-5-18(13-16)26-14-15(12-21(26)27)22(28)25-17-7-9-19(10-8-17)29-20-6-1-2-11-24-20/h1-6,11,13,15,17,19H,7-10,12,14H2,(H,25,28). The first-order valence-corrected chi connectivity index (χ1v) is 10.8. The Balaban J connectivity index is 1.26. The van der Waals surface area contributed by atoms with Crippen LogP contribution in [-0.2, 0) is 9.59 Å². The van der Waals surface area contributed by atoms with E-state index in [0.29, 0.717) is 12.4 Å². The van der Waals surface area contributed by atoms with E-state index in [-0.39, 0.29) is 36.3 Å². The lowest BCUT2D eigenvalue weighted by atomic mass is 9.92. The van der Waals surface area contributed by atoms with E-state index in [1.165, 1.54) is 0 Å². The molecule has 1 aromatic heterocycles. The van der Waals surface area contributed by atoms with Crippen LogP contribution in [0.25, 0.3) is 0 Å². The van der Waals surface area contributed by atoms with E-state index in [4.69, 9.17) is 4.74 Å². The summed E-state index contributed by atoms with van der Waals surface area (Å²) in [5, 5.41) is 3.15. The number of hydrogen-bond acceptors (Lipinski definition) is 4. The minimum Gasteiger partial charge on any atom is -0.474 e. The molecule has 6 nitrogen and oxygen atoms in total. The number of halogens is 1. The molecular formula is C22H24BrN3O3. The van der Waals surface area contributed by atoms with Crippen molar-refractivity contribution in [2.75, 3.05) is 11.4 Å². The molecule has 2 aliphatic rings. The molecule has 2 fully saturated rings. The van der Waals surface area contributed by atoms with E-state index in [1.807, 2.05) is 42.5 Å². The fourth-order valence-electron chi connectivity index (χ4n) is 4.01. The number of anilines is 1. The Morgan fingerprint density at radius 1 is 1.14 bits per heavy atom. The smallest absolute Gasteiger partial charge is 0.227 e. The van der Waals surface area contributed by atoms with Crippen molar-refractivity contribution in [3.8, 4) is 5.88 Å². The van der Waals surface area contributed by atoms with Gasteiger partial charge in [0.2, 0.25) is 17.7 Å². The van der Waals surface area contributed by atoms with Crippen LogP contribution in [0, 0.1) is 5.92 Å². The highest BCUT2D eigenvalue weighted by molar-refractivity contribution is 9.10. The summed E-state index contributed by atoms with van der Waals surface area (Å²) in [4.78, 5) is 31.1. The van der Waals surface area contributed by atoms with Gasteiger partial charge < -0.3 is 15.0 Å². The van der Waals surface area contributed by atoms with Crippen LogP contribution >= 0.6 is 15.9 Å². The maximum Gasteiger partial charge on any atom is 0.227 e. The Hall–Kier alpha value is -2.41. The van der Waals surface area contributed by atoms with Crippen LogP contribution in [0.2, 0.25) is 0 Å². The van der Waals surface area contributed by atoms with Crippen LogP contribution in [0.1, 0.15) is 32.1 Å². The maximum absolute atomic E-state index is 12.7. The van der Waals surface area contributed by atoms with Crippen molar-refractivity contribution in [1.29, 1.82) is 0 Å². The van der Waals surface area contributed by atoms with E-state index in [0.717, 1.165) is 35.8 Å². The lowest BCUT2D eigenvalue weighted by molar-refractivity contribution is -0.127. The molecule has 1 aliphatic carbocycles. The minimum atomic E-state index is -0.302. The van der Waals surface area contributed by atoms with Crippen molar-refractivity contribution >= 4 is 33.4 Å². The molecule has 7 heteroatoms. The highest BCUT2D eigenvalue weighted by atomic mass is 79.9. The van der Waals surface area contributed by atoms with Gasteiger partial charge >= 0.3 is 0 Å². The summed E-state index contributed by atoms with van der Waals surface area (Å²) in [6.07, 6.45) is 5.64. The molecule has 29 heavy (non-hydrogen) atoms. The molecule has 1 saturated carbocycles. The molecule has 0 bridgehead atoms. The zero-order chi connectivity index (χ0) is 20.2. The van der Waals surface area contributed by atoms with Gasteiger partial charge in [-0.05, 0) is 49.9 Å². The first-order chi connectivity index (χ1) is 14.1. The number of nitrogens with one attached hydrogen (secondary N) is 1. The lowest BCUT2D eigenvalue weighted by Crippen LogP contribution is -2.43. The van der Waals surface area contributed by atoms with Crippen LogP contribution in [0.5, 0.6) is 5.88 Å². The minimum absolute atomic E-state index is 0.00396. The van der Waals surface area contributed by atoms with Gasteiger partial charge in [0.15, 0.2) is 0 Å². The van der Waals surface area contributed by atoms with Crippen LogP contribution < -0.4 is 15.0 Å². The number of benzene rings is 1. The van der Waals surface area contributed by atoms with Crippen molar-refractivity contribution in [3.63, 3.8) is 0 Å². The number of carbonyl (C=O) groups excluding carboxylic acids is 2. The van der Waals surface area contributed by atoms with Crippen LogP contribution in [-0.4, -0.2) is 35.5 Å². The fraction of sp³-hybridized carbons (Fsp3) is 0.409. The maximum atomic E-state index is 12.7. The third-order valence-electron chi connectivity index (χ3n) is 5.56. The second kappa shape index (κ2) is 8.95. The van der Waals surface area contributed by atoms with Crippen molar-refractivity contribution in [2.45, 2.75) is 44.2 Å². The van der Waals surface area contributed by atoms with Crippen LogP contribution in [0.4, 0.5) is 5.69 Å². The Labute approximate surface area is 178 Å². The van der Waals surface area contributed by atoms with Crippen molar-refractivity contribution < 1.29 is 14.3 Å². The summed E-state index contributed by atoms with van der Waals surface area (Å²) in [6, 6.07) is 13.4. The molecule has 1 saturated heterocycles. The molecule has 2 amide bonds. The summed E-state index contributed by atoms with van der Waals surface area (Å²) in [5.74, 6) is 0.321. The molecule has 0 radical (unpaired) electrons. The average Bonchev–Trinajstić information content (AvgIpc) is 3.12. The van der Waals surface area contributed by atoms with Crippen molar-refractivity contribution in [3.05, 3.63) is 53.1 Å². The number of rotatable bonds is 5. The van der Waals surface area contributed by atoms with Gasteiger partial charge in [0.1, 0.15) is 6.10 Å². The molecule has 0 spiro atoms. The number of nitrogens with zero attached hydrogens (tertiary/aromatic N) is 2. The lowest BCUT2D eigenvalue weighted by Gasteiger charge is -2.29. The number of ether oxygens (including phenoxy) is 1. The van der Waals surface area contributed by atoms with E-state index in [9.17, 15) is 9.59 Å². The van der Waals surface area contributed by atoms with E-state index >= 15 is 0 Å². The highest BCUT2D eigenvalue weighted by Gasteiger charge is 2.36. The van der Waals surface area contributed by atoms with Gasteiger partial charge in [-0.25, -0.2) is 4.98 Å². The number of pyridine rings is 1. The van der Waals surface area contributed by atoms with Gasteiger partial charge in [-0.2, -0.15) is 0 Å². The molecule has 4 rings (SSSR count). The molecule has 152 valence electrons. The van der Waals surface area contributed by atoms with Gasteiger partial charge in [0.25, 0.3) is 0 Å². The number of carbonyl (C=O) groups is 2. The van der Waals surface area contributed by atoms with Crippen LogP contribution in [0.3, 0.4) is 0 Å². The predicted octanol–water partition coefficient (Wildman–Crippen LogP) is 3.70. The quantitative estimate of drug-likeness (QED) is 0.742. The third kappa shape index (κ3) is 4.96. The highest BCUT2D eigenvalue weighted by Crippen LogP contribution is 2.28. The van der Waals surface area contributed by atoms with Gasteiger partial charge in [-0.1, -0.05) is 28.1 Å². The second-order valence-corrected chi connectivity index (χ2v) is 8.57. The third-order valence-corrected chi connectivity index (χ3v) is 6.05. The zero-order valence-corrected chi connectivity index (χ0v) is 17.7. The number of aromatic nitrogens is 1. The molecule has 1 atom stereocenters. The van der Waals surface area contributed by atoms with Gasteiger partial charge in [-0.15, -0.1) is 0 Å². The average molecular weight is 458 g/mol. The molecule has 2 heterocycles. The van der Waals surface area contributed by atoms with E-state index < -0.39 is 0 Å². The van der Waals surface area contributed by atoms with Gasteiger partial charge in [0.05, 0.1) is 5.92 Å². The van der Waals surface area contributed by atoms with Crippen molar-refractivity contribution in [2.24, 2.45) is 5.92 Å². The Kier molecular flexibility index (Phi) is 6.13. The second-order valence-electron chi connectivity index (χ2n) is 7.65. The molecule has 2 aromatic rings. The van der Waals surface area contributed by atoms with Crippen LogP contribution in [0.15, 0.2) is 53.1 Å². The van der Waals surface area contributed by atoms with Crippen molar-refractivity contribution in [1.82, 2.24) is 10.3 Å². The topological polar surface area (TPSA) is 71.5 Å². The fourth-order valence-corrected chi connectivity index (χ4v) is 4.40. The predicted molar refractivity (Wildman–Crippen MR) is 114 cm³/mol. The van der Waals surface area contributed by atoms with Gasteiger partial charge in [0, 0.05) is 41.4 Å². The molecule has 1 aromatic carbocycles. The summed E-state index contributed by atoms with van der Waals surface area (Å²) in [5.41, 5.74) is 0.826. The number of amides is 2. The normalized spacial score (nSPS) is 24.4. The number of hydrogen-bond donors (Lipinski definition) is 1. The summed E-state index contributed by atoms with van der Waals surface area (Å²) < 4.78 is 6.83. The summed E-state index contributed by atoms with van der Waals surface area (Å²) in [7, 11) is 0. The first kappa shape index (κ1) is 19.9. The zero-order valence-electron chi connectivity index (χ0n) is 16.1. The van der Waals surface area contributed by atoms with E-state index in [2.05, 4.69) is 26.2 Å². The Morgan fingerprint density at radius 2 is 1.97 bits per heavy atom. The SMILES string of the molecule is O=C(NC1CCC(Oc2ccccn2)CC1)C1CC(=O)N(c2cccc(Br)c2)C1. The largest absolute Gasteiger partial charge is 0.474 e. The van der Waals surface area contributed by atoms with Gasteiger partial charge in [-0.3, -0.25) is 9.59 Å². The monoisotopic (exact) mass is 457 g/mol. The molecule has 1 unspecified atom stereocenters.